The summed E-state index contributed by atoms with van der Waals surface area (Å²) in [6.07, 6.45) is 22.0. The molecule has 3 nitrogen and oxygen atoms in total. The van der Waals surface area contributed by atoms with Crippen LogP contribution in [0.5, 0.6) is 0 Å². The lowest BCUT2D eigenvalue weighted by atomic mass is 10.1. The Bertz CT molecular complexity index is 241. The summed E-state index contributed by atoms with van der Waals surface area (Å²) in [4.78, 5) is 0. The van der Waals surface area contributed by atoms with Gasteiger partial charge in [0.25, 0.3) is 0 Å². The number of aliphatic hydroxyl groups is 3. The van der Waals surface area contributed by atoms with Crippen molar-refractivity contribution in [2.75, 3.05) is 13.2 Å². The van der Waals surface area contributed by atoms with E-state index in [9.17, 15) is 5.11 Å². The van der Waals surface area contributed by atoms with Crippen LogP contribution in [0.15, 0.2) is 12.2 Å². The van der Waals surface area contributed by atoms with Crippen LogP contribution in [0.4, 0.5) is 0 Å². The molecule has 1 atom stereocenters. The Morgan fingerprint density at radius 2 is 1.00 bits per heavy atom. The van der Waals surface area contributed by atoms with Crippen molar-refractivity contribution in [2.45, 2.75) is 102 Å². The predicted molar refractivity (Wildman–Crippen MR) is 98.6 cm³/mol. The number of hydrogen-bond donors (Lipinski definition) is 3. The Labute approximate surface area is 143 Å². The van der Waals surface area contributed by atoms with Gasteiger partial charge in [0.05, 0.1) is 12.7 Å². The summed E-state index contributed by atoms with van der Waals surface area (Å²) in [5.41, 5.74) is 0. The van der Waals surface area contributed by atoms with Crippen molar-refractivity contribution in [3.05, 3.63) is 12.2 Å². The third-order valence-corrected chi connectivity index (χ3v) is 4.31. The fourth-order valence-electron chi connectivity index (χ4n) is 2.76. The lowest BCUT2D eigenvalue weighted by molar-refractivity contribution is 0.0860. The molecule has 23 heavy (non-hydrogen) atoms. The van der Waals surface area contributed by atoms with E-state index in [2.05, 4.69) is 12.2 Å². The topological polar surface area (TPSA) is 60.7 Å². The second kappa shape index (κ2) is 19.7. The maximum absolute atomic E-state index is 9.22. The zero-order chi connectivity index (χ0) is 17.0. The van der Waals surface area contributed by atoms with Crippen LogP contribution in [0, 0.1) is 0 Å². The first kappa shape index (κ1) is 22.6. The molecule has 0 amide bonds. The second-order valence-electron chi connectivity index (χ2n) is 6.64. The Kier molecular flexibility index (Phi) is 19.3. The molecule has 0 saturated heterocycles. The molecule has 3 heteroatoms. The molecule has 0 aliphatic heterocycles. The van der Waals surface area contributed by atoms with Gasteiger partial charge in [-0.2, -0.15) is 0 Å². The Morgan fingerprint density at radius 3 is 1.48 bits per heavy atom. The molecule has 0 aromatic rings. The normalized spacial score (nSPS) is 13.0. The van der Waals surface area contributed by atoms with Gasteiger partial charge in [0.15, 0.2) is 0 Å². The van der Waals surface area contributed by atoms with E-state index in [1.165, 1.54) is 77.0 Å². The van der Waals surface area contributed by atoms with Gasteiger partial charge in [0, 0.05) is 6.61 Å². The largest absolute Gasteiger partial charge is 0.396 e. The maximum atomic E-state index is 9.22. The van der Waals surface area contributed by atoms with Gasteiger partial charge in [-0.3, -0.25) is 0 Å². The van der Waals surface area contributed by atoms with E-state index >= 15 is 0 Å². The van der Waals surface area contributed by atoms with Crippen LogP contribution in [0.25, 0.3) is 0 Å². The van der Waals surface area contributed by atoms with Crippen LogP contribution in [-0.2, 0) is 0 Å². The van der Waals surface area contributed by atoms with Crippen molar-refractivity contribution in [3.63, 3.8) is 0 Å². The third kappa shape index (κ3) is 19.6. The van der Waals surface area contributed by atoms with E-state index in [-0.39, 0.29) is 6.61 Å². The highest BCUT2D eigenvalue weighted by Gasteiger charge is 2.00. The average Bonchev–Trinajstić information content (AvgIpc) is 2.57. The van der Waals surface area contributed by atoms with E-state index in [4.69, 9.17) is 10.2 Å². The first-order valence-corrected chi connectivity index (χ1v) is 9.86. The molecule has 138 valence electrons. The van der Waals surface area contributed by atoms with E-state index in [1.807, 2.05) is 0 Å². The summed E-state index contributed by atoms with van der Waals surface area (Å²) in [6, 6.07) is 0. The van der Waals surface area contributed by atoms with Gasteiger partial charge in [-0.15, -0.1) is 0 Å². The zero-order valence-electron chi connectivity index (χ0n) is 15.1. The van der Waals surface area contributed by atoms with Crippen molar-refractivity contribution in [1.29, 1.82) is 0 Å². The molecular formula is C20H40O3. The molecule has 0 radical (unpaired) electrons. The Balaban J connectivity index is 3.08. The first-order valence-electron chi connectivity index (χ1n) is 9.86. The quantitative estimate of drug-likeness (QED) is 0.251. The molecule has 0 aromatic heterocycles. The van der Waals surface area contributed by atoms with Gasteiger partial charge in [0.1, 0.15) is 0 Å². The van der Waals surface area contributed by atoms with E-state index < -0.39 is 6.10 Å². The monoisotopic (exact) mass is 328 g/mol. The fourth-order valence-corrected chi connectivity index (χ4v) is 2.76. The maximum Gasteiger partial charge on any atom is 0.0770 e. The number of allylic oxidation sites excluding steroid dienone is 2. The minimum Gasteiger partial charge on any atom is -0.396 e. The molecule has 0 spiro atoms. The summed E-state index contributed by atoms with van der Waals surface area (Å²) in [6.45, 7) is 0.242. The molecule has 0 saturated carbocycles. The average molecular weight is 329 g/mol. The Hall–Kier alpha value is -0.380. The highest BCUT2D eigenvalue weighted by atomic mass is 16.3. The number of unbranched alkanes of at least 4 members (excludes halogenated alkanes) is 12. The molecule has 0 heterocycles. The molecule has 0 fully saturated rings. The Morgan fingerprint density at radius 1 is 0.565 bits per heavy atom. The van der Waals surface area contributed by atoms with Crippen molar-refractivity contribution in [1.82, 2.24) is 0 Å². The van der Waals surface area contributed by atoms with Gasteiger partial charge in [0.2, 0.25) is 0 Å². The summed E-state index contributed by atoms with van der Waals surface area (Å²) in [5.74, 6) is 0. The minimum atomic E-state index is -0.513. The van der Waals surface area contributed by atoms with Crippen LogP contribution in [0.3, 0.4) is 0 Å². The molecule has 1 unspecified atom stereocenters. The molecule has 0 rings (SSSR count). The molecule has 3 N–H and O–H groups in total. The van der Waals surface area contributed by atoms with Gasteiger partial charge in [-0.1, -0.05) is 69.9 Å². The van der Waals surface area contributed by atoms with Crippen LogP contribution in [0.2, 0.25) is 0 Å². The molecule has 0 aliphatic carbocycles. The summed E-state index contributed by atoms with van der Waals surface area (Å²) < 4.78 is 0. The van der Waals surface area contributed by atoms with Crippen molar-refractivity contribution in [2.24, 2.45) is 0 Å². The van der Waals surface area contributed by atoms with Gasteiger partial charge in [-0.25, -0.2) is 0 Å². The highest BCUT2D eigenvalue weighted by molar-refractivity contribution is 4.81. The summed E-state index contributed by atoms with van der Waals surface area (Å²) in [7, 11) is 0. The summed E-state index contributed by atoms with van der Waals surface area (Å²) >= 11 is 0. The molecule has 0 aromatic carbocycles. The first-order chi connectivity index (χ1) is 11.3. The van der Waals surface area contributed by atoms with Gasteiger partial charge < -0.3 is 15.3 Å². The van der Waals surface area contributed by atoms with E-state index in [1.54, 1.807) is 0 Å². The third-order valence-electron chi connectivity index (χ3n) is 4.31. The lowest BCUT2D eigenvalue weighted by Crippen LogP contribution is -2.10. The van der Waals surface area contributed by atoms with Crippen LogP contribution < -0.4 is 0 Å². The van der Waals surface area contributed by atoms with Crippen molar-refractivity contribution >= 4 is 0 Å². The lowest BCUT2D eigenvalue weighted by Gasteiger charge is -2.05. The van der Waals surface area contributed by atoms with Gasteiger partial charge in [-0.05, 0) is 38.5 Å². The van der Waals surface area contributed by atoms with E-state index in [0.29, 0.717) is 6.61 Å². The standard InChI is InChI=1S/C20H40O3/c21-18-16-14-12-10-8-6-4-2-1-3-5-7-9-11-13-15-17-20(23)19-22/h1-2,20-23H,3-19H2. The van der Waals surface area contributed by atoms with Crippen molar-refractivity contribution < 1.29 is 15.3 Å². The molecular weight excluding hydrogens is 288 g/mol. The van der Waals surface area contributed by atoms with Crippen LogP contribution in [-0.4, -0.2) is 34.6 Å². The van der Waals surface area contributed by atoms with Crippen molar-refractivity contribution in [3.8, 4) is 0 Å². The molecule has 0 aliphatic rings. The van der Waals surface area contributed by atoms with Crippen LogP contribution >= 0.6 is 0 Å². The van der Waals surface area contributed by atoms with E-state index in [0.717, 1.165) is 19.3 Å². The smallest absolute Gasteiger partial charge is 0.0770 e. The zero-order valence-corrected chi connectivity index (χ0v) is 15.1. The van der Waals surface area contributed by atoms with Gasteiger partial charge >= 0.3 is 0 Å². The highest BCUT2D eigenvalue weighted by Crippen LogP contribution is 2.11. The number of hydrogen-bond acceptors (Lipinski definition) is 3. The second-order valence-corrected chi connectivity index (χ2v) is 6.64. The SMILES string of the molecule is OCCCCCCCCC=CCCCCCCCCC(O)CO. The fraction of sp³-hybridized carbons (Fsp3) is 0.900. The predicted octanol–water partition coefficient (Wildman–Crippen LogP) is 4.74. The molecule has 0 bridgehead atoms. The minimum absolute atomic E-state index is 0.101. The number of rotatable bonds is 18. The van der Waals surface area contributed by atoms with Crippen LogP contribution in [0.1, 0.15) is 96.3 Å². The summed E-state index contributed by atoms with van der Waals surface area (Å²) in [5, 5.41) is 26.6. The number of aliphatic hydroxyl groups excluding tert-OH is 3.